The van der Waals surface area contributed by atoms with Gasteiger partial charge in [-0.1, -0.05) is 12.1 Å². The second-order valence-corrected chi connectivity index (χ2v) is 5.11. The number of carbonyl (C=O) groups excluding carboxylic acids is 1. The molecule has 1 aromatic carbocycles. The second-order valence-electron chi connectivity index (χ2n) is 5.11. The highest BCUT2D eigenvalue weighted by Crippen LogP contribution is 2.17. The van der Waals surface area contributed by atoms with Crippen molar-refractivity contribution in [2.75, 3.05) is 7.11 Å². The predicted octanol–water partition coefficient (Wildman–Crippen LogP) is 1.86. The number of aromatic carboxylic acids is 1. The summed E-state index contributed by atoms with van der Waals surface area (Å²) in [6, 6.07) is 7.36. The molecule has 0 fully saturated rings. The van der Waals surface area contributed by atoms with E-state index in [2.05, 4.69) is 10.4 Å². The standard InChI is InChI=1S/C16H19N3O4/c1-11(12-3-5-14(23-2)6-4-12)18-15(20)7-8-19-10-13(9-17-19)16(21)22/h3-6,9-11H,7-8H2,1-2H3,(H,18,20)(H,21,22). The number of carbonyl (C=O) groups is 2. The first kappa shape index (κ1) is 16.5. The van der Waals surface area contributed by atoms with Gasteiger partial charge < -0.3 is 15.2 Å². The number of carboxylic acid groups (broad SMARTS) is 1. The van der Waals surface area contributed by atoms with Crippen molar-refractivity contribution in [2.45, 2.75) is 25.9 Å². The lowest BCUT2D eigenvalue weighted by atomic mass is 10.1. The average molecular weight is 317 g/mol. The van der Waals surface area contributed by atoms with Gasteiger partial charge in [0, 0.05) is 19.2 Å². The van der Waals surface area contributed by atoms with E-state index in [1.807, 2.05) is 31.2 Å². The third-order valence-electron chi connectivity index (χ3n) is 3.44. The molecular formula is C16H19N3O4. The summed E-state index contributed by atoms with van der Waals surface area (Å²) in [7, 11) is 1.60. The summed E-state index contributed by atoms with van der Waals surface area (Å²) in [6.07, 6.45) is 2.89. The van der Waals surface area contributed by atoms with Crippen molar-refractivity contribution in [3.05, 3.63) is 47.8 Å². The molecule has 1 heterocycles. The smallest absolute Gasteiger partial charge is 0.338 e. The highest BCUT2D eigenvalue weighted by molar-refractivity contribution is 5.86. The Labute approximate surface area is 133 Å². The first-order valence-corrected chi connectivity index (χ1v) is 7.18. The summed E-state index contributed by atoms with van der Waals surface area (Å²) in [5.41, 5.74) is 1.09. The van der Waals surface area contributed by atoms with Crippen LogP contribution in [0.2, 0.25) is 0 Å². The predicted molar refractivity (Wildman–Crippen MR) is 83.4 cm³/mol. The molecule has 1 aromatic heterocycles. The SMILES string of the molecule is COc1ccc(C(C)NC(=O)CCn2cc(C(=O)O)cn2)cc1. The maximum atomic E-state index is 12.0. The summed E-state index contributed by atoms with van der Waals surface area (Å²) < 4.78 is 6.54. The molecule has 0 saturated carbocycles. The van der Waals surface area contributed by atoms with Gasteiger partial charge in [-0.3, -0.25) is 9.48 Å². The van der Waals surface area contributed by atoms with Crippen LogP contribution in [-0.2, 0) is 11.3 Å². The lowest BCUT2D eigenvalue weighted by Crippen LogP contribution is -2.27. The molecule has 2 aromatic rings. The number of benzene rings is 1. The lowest BCUT2D eigenvalue weighted by Gasteiger charge is -2.14. The minimum absolute atomic E-state index is 0.108. The molecule has 0 radical (unpaired) electrons. The molecule has 0 aliphatic carbocycles. The number of amides is 1. The Morgan fingerprint density at radius 1 is 1.35 bits per heavy atom. The Kier molecular flexibility index (Phi) is 5.35. The summed E-state index contributed by atoms with van der Waals surface area (Å²) in [5, 5.41) is 15.6. The minimum Gasteiger partial charge on any atom is -0.497 e. The van der Waals surface area contributed by atoms with E-state index in [0.29, 0.717) is 6.54 Å². The Hall–Kier alpha value is -2.83. The van der Waals surface area contributed by atoms with E-state index < -0.39 is 5.97 Å². The van der Waals surface area contributed by atoms with Crippen molar-refractivity contribution >= 4 is 11.9 Å². The monoisotopic (exact) mass is 317 g/mol. The second kappa shape index (κ2) is 7.44. The molecular weight excluding hydrogens is 298 g/mol. The largest absolute Gasteiger partial charge is 0.497 e. The molecule has 0 aliphatic heterocycles. The number of hydrogen-bond donors (Lipinski definition) is 2. The van der Waals surface area contributed by atoms with E-state index in [1.165, 1.54) is 17.1 Å². The van der Waals surface area contributed by atoms with Crippen molar-refractivity contribution in [3.8, 4) is 5.75 Å². The fourth-order valence-corrected chi connectivity index (χ4v) is 2.10. The number of methoxy groups -OCH3 is 1. The van der Waals surface area contributed by atoms with Gasteiger partial charge in [-0.15, -0.1) is 0 Å². The van der Waals surface area contributed by atoms with Gasteiger partial charge in [0.05, 0.1) is 24.9 Å². The molecule has 2 N–H and O–H groups in total. The van der Waals surface area contributed by atoms with Crippen LogP contribution in [0.5, 0.6) is 5.75 Å². The van der Waals surface area contributed by atoms with Crippen LogP contribution in [0.25, 0.3) is 0 Å². The number of nitrogens with zero attached hydrogens (tertiary/aromatic N) is 2. The minimum atomic E-state index is -1.03. The molecule has 0 saturated heterocycles. The topological polar surface area (TPSA) is 93.5 Å². The van der Waals surface area contributed by atoms with E-state index in [1.54, 1.807) is 7.11 Å². The zero-order valence-electron chi connectivity index (χ0n) is 13.0. The molecule has 23 heavy (non-hydrogen) atoms. The fraction of sp³-hybridized carbons (Fsp3) is 0.312. The number of aromatic nitrogens is 2. The Morgan fingerprint density at radius 2 is 2.04 bits per heavy atom. The van der Waals surface area contributed by atoms with Gasteiger partial charge in [0.25, 0.3) is 0 Å². The molecule has 7 nitrogen and oxygen atoms in total. The third kappa shape index (κ3) is 4.57. The molecule has 7 heteroatoms. The van der Waals surface area contributed by atoms with Crippen LogP contribution in [0.1, 0.15) is 35.3 Å². The molecule has 1 unspecified atom stereocenters. The highest BCUT2D eigenvalue weighted by atomic mass is 16.5. The molecule has 2 rings (SSSR count). The van der Waals surface area contributed by atoms with Crippen LogP contribution in [-0.4, -0.2) is 33.9 Å². The van der Waals surface area contributed by atoms with Crippen LogP contribution < -0.4 is 10.1 Å². The zero-order valence-corrected chi connectivity index (χ0v) is 13.0. The fourth-order valence-electron chi connectivity index (χ4n) is 2.10. The Morgan fingerprint density at radius 3 is 2.61 bits per heavy atom. The van der Waals surface area contributed by atoms with Gasteiger partial charge >= 0.3 is 5.97 Å². The lowest BCUT2D eigenvalue weighted by molar-refractivity contribution is -0.122. The van der Waals surface area contributed by atoms with Crippen molar-refractivity contribution in [1.82, 2.24) is 15.1 Å². The summed E-state index contributed by atoms with van der Waals surface area (Å²) in [4.78, 5) is 22.7. The Bertz CT molecular complexity index is 679. The number of nitrogens with one attached hydrogen (secondary N) is 1. The van der Waals surface area contributed by atoms with Crippen LogP contribution in [0.4, 0.5) is 0 Å². The van der Waals surface area contributed by atoms with E-state index in [4.69, 9.17) is 9.84 Å². The van der Waals surface area contributed by atoms with Gasteiger partial charge in [0.15, 0.2) is 0 Å². The molecule has 0 spiro atoms. The Balaban J connectivity index is 1.84. The van der Waals surface area contributed by atoms with E-state index in [9.17, 15) is 9.59 Å². The van der Waals surface area contributed by atoms with Crippen molar-refractivity contribution in [3.63, 3.8) is 0 Å². The van der Waals surface area contributed by atoms with Crippen molar-refractivity contribution in [1.29, 1.82) is 0 Å². The average Bonchev–Trinajstić information content (AvgIpc) is 3.02. The third-order valence-corrected chi connectivity index (χ3v) is 3.44. The number of rotatable bonds is 7. The first-order valence-electron chi connectivity index (χ1n) is 7.18. The summed E-state index contributed by atoms with van der Waals surface area (Å²) in [6.45, 7) is 2.23. The van der Waals surface area contributed by atoms with E-state index >= 15 is 0 Å². The highest BCUT2D eigenvalue weighted by Gasteiger charge is 2.11. The molecule has 1 atom stereocenters. The molecule has 0 bridgehead atoms. The molecule has 122 valence electrons. The molecule has 0 aliphatic rings. The van der Waals surface area contributed by atoms with Gasteiger partial charge in [0.1, 0.15) is 5.75 Å². The van der Waals surface area contributed by atoms with Crippen LogP contribution >= 0.6 is 0 Å². The van der Waals surface area contributed by atoms with Gasteiger partial charge in [0.2, 0.25) is 5.91 Å². The first-order chi connectivity index (χ1) is 11.0. The zero-order chi connectivity index (χ0) is 16.8. The quantitative estimate of drug-likeness (QED) is 0.813. The summed E-state index contributed by atoms with van der Waals surface area (Å²) >= 11 is 0. The number of hydrogen-bond acceptors (Lipinski definition) is 4. The van der Waals surface area contributed by atoms with Crippen LogP contribution in [0.15, 0.2) is 36.7 Å². The number of aryl methyl sites for hydroxylation is 1. The van der Waals surface area contributed by atoms with E-state index in [0.717, 1.165) is 11.3 Å². The van der Waals surface area contributed by atoms with Gasteiger partial charge in [-0.2, -0.15) is 5.10 Å². The van der Waals surface area contributed by atoms with Gasteiger partial charge in [-0.25, -0.2) is 4.79 Å². The van der Waals surface area contributed by atoms with Gasteiger partial charge in [-0.05, 0) is 24.6 Å². The number of ether oxygens (including phenoxy) is 1. The number of carboxylic acids is 1. The summed E-state index contributed by atoms with van der Waals surface area (Å²) in [5.74, 6) is -0.394. The van der Waals surface area contributed by atoms with Crippen molar-refractivity contribution in [2.24, 2.45) is 0 Å². The molecule has 1 amide bonds. The van der Waals surface area contributed by atoms with Crippen LogP contribution in [0, 0.1) is 0 Å². The van der Waals surface area contributed by atoms with E-state index in [-0.39, 0.29) is 23.9 Å². The maximum Gasteiger partial charge on any atom is 0.338 e. The van der Waals surface area contributed by atoms with Crippen LogP contribution in [0.3, 0.4) is 0 Å². The maximum absolute atomic E-state index is 12.0. The van der Waals surface area contributed by atoms with Crippen molar-refractivity contribution < 1.29 is 19.4 Å². The normalized spacial score (nSPS) is 11.7.